The van der Waals surface area contributed by atoms with Crippen LogP contribution in [0.3, 0.4) is 0 Å². The molecule has 0 saturated heterocycles. The van der Waals surface area contributed by atoms with Crippen molar-refractivity contribution in [1.82, 2.24) is 0 Å². The van der Waals surface area contributed by atoms with E-state index >= 15 is 0 Å². The summed E-state index contributed by atoms with van der Waals surface area (Å²) in [6.45, 7) is 2.27. The highest BCUT2D eigenvalue weighted by molar-refractivity contribution is 7.99. The highest BCUT2D eigenvalue weighted by atomic mass is 32.2. The van der Waals surface area contributed by atoms with Gasteiger partial charge in [-0.25, -0.2) is 0 Å². The van der Waals surface area contributed by atoms with E-state index in [1.54, 1.807) is 0 Å². The van der Waals surface area contributed by atoms with Gasteiger partial charge in [-0.15, -0.1) is 11.8 Å². The van der Waals surface area contributed by atoms with E-state index in [0.29, 0.717) is 0 Å². The van der Waals surface area contributed by atoms with Gasteiger partial charge in [0.1, 0.15) is 0 Å². The van der Waals surface area contributed by atoms with Gasteiger partial charge in [0.25, 0.3) is 0 Å². The second kappa shape index (κ2) is 13.6. The third-order valence-electron chi connectivity index (χ3n) is 4.92. The van der Waals surface area contributed by atoms with Gasteiger partial charge in [-0.1, -0.05) is 95.0 Å². The van der Waals surface area contributed by atoms with Gasteiger partial charge >= 0.3 is 0 Å². The maximum absolute atomic E-state index is 12.4. The van der Waals surface area contributed by atoms with Crippen LogP contribution in [0.15, 0.2) is 59.5 Å². The average molecular weight is 383 g/mol. The number of thioether (sulfide) groups is 1. The van der Waals surface area contributed by atoms with Crippen molar-refractivity contribution in [3.8, 4) is 0 Å². The molecule has 0 aliphatic carbocycles. The summed E-state index contributed by atoms with van der Waals surface area (Å²) in [5.41, 5.74) is 1.52. The molecule has 0 spiro atoms. The smallest absolute Gasteiger partial charge is 0.193 e. The molecular formula is C25H34OS. The van der Waals surface area contributed by atoms with Crippen molar-refractivity contribution in [1.29, 1.82) is 0 Å². The molecule has 0 atom stereocenters. The van der Waals surface area contributed by atoms with Crippen molar-refractivity contribution in [3.63, 3.8) is 0 Å². The van der Waals surface area contributed by atoms with Crippen LogP contribution in [0.1, 0.15) is 87.1 Å². The summed E-state index contributed by atoms with van der Waals surface area (Å²) in [4.78, 5) is 13.7. The summed E-state index contributed by atoms with van der Waals surface area (Å²) in [7, 11) is 0. The lowest BCUT2D eigenvalue weighted by Crippen LogP contribution is -2.00. The summed E-state index contributed by atoms with van der Waals surface area (Å²) in [6, 6.07) is 17.6. The maximum atomic E-state index is 12.4. The van der Waals surface area contributed by atoms with Crippen molar-refractivity contribution >= 4 is 17.5 Å². The van der Waals surface area contributed by atoms with Crippen molar-refractivity contribution < 1.29 is 4.79 Å². The fourth-order valence-electron chi connectivity index (χ4n) is 3.24. The summed E-state index contributed by atoms with van der Waals surface area (Å²) >= 11 is 1.90. The second-order valence-electron chi connectivity index (χ2n) is 7.25. The lowest BCUT2D eigenvalue weighted by molar-refractivity contribution is 0.103. The number of benzene rings is 2. The Morgan fingerprint density at radius 1 is 0.667 bits per heavy atom. The van der Waals surface area contributed by atoms with Gasteiger partial charge in [-0.3, -0.25) is 4.79 Å². The first-order chi connectivity index (χ1) is 13.3. The van der Waals surface area contributed by atoms with Gasteiger partial charge in [-0.05, 0) is 36.4 Å². The largest absolute Gasteiger partial charge is 0.289 e. The molecule has 0 aliphatic heterocycles. The Morgan fingerprint density at radius 2 is 1.19 bits per heavy atom. The second-order valence-corrected chi connectivity index (χ2v) is 8.42. The number of carbonyl (C=O) groups excluding carboxylic acids is 1. The van der Waals surface area contributed by atoms with Crippen LogP contribution >= 0.6 is 11.8 Å². The Balaban J connectivity index is 1.56. The number of unbranched alkanes of at least 4 members (excludes halogenated alkanes) is 9. The van der Waals surface area contributed by atoms with Crippen LogP contribution in [0.5, 0.6) is 0 Å². The van der Waals surface area contributed by atoms with Crippen LogP contribution in [0.25, 0.3) is 0 Å². The fraction of sp³-hybridized carbons (Fsp3) is 0.480. The molecule has 0 heterocycles. The number of carbonyl (C=O) groups is 1. The standard InChI is InChI=1S/C25H34OS/c1-2-3-4-5-6-7-8-9-10-14-21-27-24-19-17-23(18-20-24)25(26)22-15-12-11-13-16-22/h11-13,15-20H,2-10,14,21H2,1H3. The maximum Gasteiger partial charge on any atom is 0.193 e. The predicted molar refractivity (Wildman–Crippen MR) is 119 cm³/mol. The van der Waals surface area contributed by atoms with Gasteiger partial charge in [0.2, 0.25) is 0 Å². The van der Waals surface area contributed by atoms with Crippen LogP contribution < -0.4 is 0 Å². The zero-order valence-electron chi connectivity index (χ0n) is 16.8. The zero-order chi connectivity index (χ0) is 19.2. The predicted octanol–water partition coefficient (Wildman–Crippen LogP) is 7.93. The SMILES string of the molecule is CCCCCCCCCCCCSc1ccc(C(=O)c2ccccc2)cc1. The molecule has 27 heavy (non-hydrogen) atoms. The van der Waals surface area contributed by atoms with Crippen molar-refractivity contribution in [3.05, 3.63) is 65.7 Å². The minimum Gasteiger partial charge on any atom is -0.289 e. The van der Waals surface area contributed by atoms with E-state index in [0.717, 1.165) is 11.1 Å². The van der Waals surface area contributed by atoms with Crippen LogP contribution in [-0.4, -0.2) is 11.5 Å². The van der Waals surface area contributed by atoms with Gasteiger partial charge in [-0.2, -0.15) is 0 Å². The molecule has 1 nitrogen and oxygen atoms in total. The minimum absolute atomic E-state index is 0.0989. The van der Waals surface area contributed by atoms with Crippen LogP contribution in [-0.2, 0) is 0 Å². The first-order valence-corrected chi connectivity index (χ1v) is 11.6. The summed E-state index contributed by atoms with van der Waals surface area (Å²) in [6.07, 6.45) is 13.8. The normalized spacial score (nSPS) is 10.9. The molecule has 0 aliphatic rings. The Bertz CT molecular complexity index is 633. The Morgan fingerprint density at radius 3 is 1.78 bits per heavy atom. The molecule has 2 aromatic rings. The molecule has 2 rings (SSSR count). The molecule has 0 saturated carbocycles. The van der Waals surface area contributed by atoms with Gasteiger partial charge < -0.3 is 0 Å². The van der Waals surface area contributed by atoms with E-state index in [1.165, 1.54) is 74.9 Å². The van der Waals surface area contributed by atoms with Crippen LogP contribution in [0, 0.1) is 0 Å². The Hall–Kier alpha value is -1.54. The Kier molecular flexibility index (Phi) is 11.0. The van der Waals surface area contributed by atoms with E-state index in [4.69, 9.17) is 0 Å². The monoisotopic (exact) mass is 382 g/mol. The van der Waals surface area contributed by atoms with Gasteiger partial charge in [0.05, 0.1) is 0 Å². The van der Waals surface area contributed by atoms with E-state index in [-0.39, 0.29) is 5.78 Å². The molecule has 0 unspecified atom stereocenters. The molecule has 2 heteroatoms. The van der Waals surface area contributed by atoms with Crippen LogP contribution in [0.2, 0.25) is 0 Å². The lowest BCUT2D eigenvalue weighted by atomic mass is 10.0. The first-order valence-electron chi connectivity index (χ1n) is 10.6. The van der Waals surface area contributed by atoms with Crippen molar-refractivity contribution in [2.24, 2.45) is 0 Å². The van der Waals surface area contributed by atoms with Gasteiger partial charge in [0, 0.05) is 16.0 Å². The highest BCUT2D eigenvalue weighted by Crippen LogP contribution is 2.21. The molecule has 0 N–H and O–H groups in total. The van der Waals surface area contributed by atoms with Crippen molar-refractivity contribution in [2.45, 2.75) is 76.0 Å². The van der Waals surface area contributed by atoms with E-state index in [9.17, 15) is 4.79 Å². The van der Waals surface area contributed by atoms with Crippen molar-refractivity contribution in [2.75, 3.05) is 5.75 Å². The van der Waals surface area contributed by atoms with E-state index in [2.05, 4.69) is 19.1 Å². The molecule has 146 valence electrons. The highest BCUT2D eigenvalue weighted by Gasteiger charge is 2.08. The molecule has 0 aromatic heterocycles. The molecular weight excluding hydrogens is 348 g/mol. The number of hydrogen-bond donors (Lipinski definition) is 0. The summed E-state index contributed by atoms with van der Waals surface area (Å²) in [5, 5.41) is 0. The Labute approximate surface area is 170 Å². The fourth-order valence-corrected chi connectivity index (χ4v) is 4.15. The van der Waals surface area contributed by atoms with Crippen LogP contribution in [0.4, 0.5) is 0 Å². The third kappa shape index (κ3) is 8.79. The zero-order valence-corrected chi connectivity index (χ0v) is 17.6. The van der Waals surface area contributed by atoms with E-state index in [1.807, 2.05) is 54.2 Å². The topological polar surface area (TPSA) is 17.1 Å². The molecule has 2 aromatic carbocycles. The van der Waals surface area contributed by atoms with Gasteiger partial charge in [0.15, 0.2) is 5.78 Å². The number of rotatable bonds is 14. The third-order valence-corrected chi connectivity index (χ3v) is 6.02. The number of ketones is 1. The average Bonchev–Trinajstić information content (AvgIpc) is 2.72. The van der Waals surface area contributed by atoms with E-state index < -0.39 is 0 Å². The molecule has 0 bridgehead atoms. The molecule has 0 fully saturated rings. The molecule has 0 amide bonds. The number of hydrogen-bond acceptors (Lipinski definition) is 2. The summed E-state index contributed by atoms with van der Waals surface area (Å²) in [5.74, 6) is 1.27. The summed E-state index contributed by atoms with van der Waals surface area (Å²) < 4.78 is 0. The minimum atomic E-state index is 0.0989. The molecule has 0 radical (unpaired) electrons. The lowest BCUT2D eigenvalue weighted by Gasteiger charge is -2.05. The first kappa shape index (κ1) is 21.8. The quantitative estimate of drug-likeness (QED) is 0.187.